The zero-order chi connectivity index (χ0) is 11.1. The van der Waals surface area contributed by atoms with E-state index in [2.05, 4.69) is 12.3 Å². The van der Waals surface area contributed by atoms with E-state index < -0.39 is 0 Å². The zero-order valence-electron chi connectivity index (χ0n) is 8.79. The predicted octanol–water partition coefficient (Wildman–Crippen LogP) is 1.67. The van der Waals surface area contributed by atoms with Crippen molar-refractivity contribution in [2.45, 2.75) is 26.4 Å². The third kappa shape index (κ3) is 3.62. The Bertz CT molecular complexity index is 312. The van der Waals surface area contributed by atoms with Crippen LogP contribution >= 0.6 is 11.3 Å². The molecular weight excluding hydrogens is 212 g/mol. The van der Waals surface area contributed by atoms with Gasteiger partial charge in [0.25, 0.3) is 5.91 Å². The summed E-state index contributed by atoms with van der Waals surface area (Å²) in [6.07, 6.45) is 2.16. The molecule has 0 atom stereocenters. The van der Waals surface area contributed by atoms with Crippen molar-refractivity contribution >= 4 is 17.2 Å². The third-order valence-electron chi connectivity index (χ3n) is 1.98. The molecule has 1 aromatic heterocycles. The van der Waals surface area contributed by atoms with E-state index in [1.54, 1.807) is 0 Å². The van der Waals surface area contributed by atoms with Gasteiger partial charge in [-0.25, -0.2) is 5.84 Å². The molecule has 4 nitrogen and oxygen atoms in total. The monoisotopic (exact) mass is 228 g/mol. The van der Waals surface area contributed by atoms with Gasteiger partial charge in [0.1, 0.15) is 0 Å². The van der Waals surface area contributed by atoms with Crippen LogP contribution in [0.2, 0.25) is 0 Å². The van der Waals surface area contributed by atoms with Crippen molar-refractivity contribution in [2.75, 3.05) is 6.61 Å². The van der Waals surface area contributed by atoms with E-state index in [0.29, 0.717) is 11.5 Å². The number of thiophene rings is 1. The molecule has 5 heteroatoms. The number of carbonyl (C=O) groups excluding carboxylic acids is 1. The number of rotatable bonds is 6. The van der Waals surface area contributed by atoms with Crippen molar-refractivity contribution in [2.24, 2.45) is 5.84 Å². The van der Waals surface area contributed by atoms with Crippen LogP contribution in [-0.2, 0) is 11.3 Å². The van der Waals surface area contributed by atoms with Gasteiger partial charge in [-0.05, 0) is 17.9 Å². The first kappa shape index (κ1) is 12.2. The van der Waals surface area contributed by atoms with Crippen LogP contribution in [0.25, 0.3) is 0 Å². The highest BCUT2D eigenvalue weighted by atomic mass is 32.1. The first-order chi connectivity index (χ1) is 7.29. The van der Waals surface area contributed by atoms with Gasteiger partial charge >= 0.3 is 0 Å². The van der Waals surface area contributed by atoms with Crippen molar-refractivity contribution < 1.29 is 9.53 Å². The lowest BCUT2D eigenvalue weighted by atomic mass is 10.2. The van der Waals surface area contributed by atoms with Gasteiger partial charge in [0.05, 0.1) is 11.5 Å². The van der Waals surface area contributed by atoms with Crippen LogP contribution in [0.15, 0.2) is 11.4 Å². The minimum Gasteiger partial charge on any atom is -0.377 e. The molecule has 1 rings (SSSR count). The summed E-state index contributed by atoms with van der Waals surface area (Å²) in [6.45, 7) is 3.32. The Morgan fingerprint density at radius 1 is 1.67 bits per heavy atom. The second-order valence-corrected chi connectivity index (χ2v) is 4.07. The molecule has 0 aliphatic rings. The number of hydrogen-bond acceptors (Lipinski definition) is 4. The molecule has 15 heavy (non-hydrogen) atoms. The van der Waals surface area contributed by atoms with Gasteiger partial charge in [-0.1, -0.05) is 13.3 Å². The van der Waals surface area contributed by atoms with Crippen molar-refractivity contribution in [3.63, 3.8) is 0 Å². The topological polar surface area (TPSA) is 64.3 Å². The molecule has 0 fully saturated rings. The van der Waals surface area contributed by atoms with E-state index in [-0.39, 0.29) is 5.91 Å². The Morgan fingerprint density at radius 2 is 2.47 bits per heavy atom. The Morgan fingerprint density at radius 3 is 3.13 bits per heavy atom. The molecule has 0 aliphatic heterocycles. The summed E-state index contributed by atoms with van der Waals surface area (Å²) >= 11 is 1.37. The maximum absolute atomic E-state index is 11.3. The third-order valence-corrected chi connectivity index (χ3v) is 2.94. The fourth-order valence-electron chi connectivity index (χ4n) is 1.14. The lowest BCUT2D eigenvalue weighted by Gasteiger charge is -2.03. The summed E-state index contributed by atoms with van der Waals surface area (Å²) in [4.78, 5) is 11.9. The summed E-state index contributed by atoms with van der Waals surface area (Å²) in [6, 6.07) is 1.89. The van der Waals surface area contributed by atoms with Gasteiger partial charge in [-0.15, -0.1) is 11.3 Å². The van der Waals surface area contributed by atoms with Crippen molar-refractivity contribution in [1.29, 1.82) is 0 Å². The number of amides is 1. The number of ether oxygens (including phenoxy) is 1. The van der Waals surface area contributed by atoms with Crippen molar-refractivity contribution in [3.8, 4) is 0 Å². The van der Waals surface area contributed by atoms with E-state index in [0.717, 1.165) is 25.0 Å². The highest BCUT2D eigenvalue weighted by molar-refractivity contribution is 7.12. The summed E-state index contributed by atoms with van der Waals surface area (Å²) in [5.41, 5.74) is 3.03. The van der Waals surface area contributed by atoms with Gasteiger partial charge in [-0.2, -0.15) is 0 Å². The number of hydrazine groups is 1. The Hall–Kier alpha value is -0.910. The minimum atomic E-state index is -0.251. The van der Waals surface area contributed by atoms with Crippen LogP contribution in [0.1, 0.15) is 35.0 Å². The van der Waals surface area contributed by atoms with E-state index >= 15 is 0 Å². The molecule has 3 N–H and O–H groups in total. The predicted molar refractivity (Wildman–Crippen MR) is 60.5 cm³/mol. The Labute approximate surface area is 93.4 Å². The molecule has 84 valence electrons. The lowest BCUT2D eigenvalue weighted by molar-refractivity contribution is 0.0943. The number of nitrogens with two attached hydrogens (primary N) is 1. The number of nitrogens with one attached hydrogen (secondary N) is 1. The van der Waals surface area contributed by atoms with Gasteiger partial charge in [0.15, 0.2) is 0 Å². The van der Waals surface area contributed by atoms with Gasteiger partial charge in [-0.3, -0.25) is 10.2 Å². The number of hydrogen-bond donors (Lipinski definition) is 2. The summed E-state index contributed by atoms with van der Waals surface area (Å²) in [5, 5.41) is 1.86. The van der Waals surface area contributed by atoms with Crippen LogP contribution in [0.5, 0.6) is 0 Å². The molecule has 0 unspecified atom stereocenters. The maximum Gasteiger partial charge on any atom is 0.275 e. The molecule has 0 aromatic carbocycles. The Balaban J connectivity index is 2.46. The average molecular weight is 228 g/mol. The molecule has 0 aliphatic carbocycles. The zero-order valence-corrected chi connectivity index (χ0v) is 9.60. The first-order valence-electron chi connectivity index (χ1n) is 4.94. The SMILES string of the molecule is CCCCOCc1ccsc1C(=O)NN. The average Bonchev–Trinajstić information content (AvgIpc) is 2.71. The molecule has 0 saturated heterocycles. The van der Waals surface area contributed by atoms with Crippen molar-refractivity contribution in [1.82, 2.24) is 5.43 Å². The van der Waals surface area contributed by atoms with Crippen LogP contribution in [0.4, 0.5) is 0 Å². The van der Waals surface area contributed by atoms with E-state index in [4.69, 9.17) is 10.6 Å². The highest BCUT2D eigenvalue weighted by Crippen LogP contribution is 2.17. The first-order valence-corrected chi connectivity index (χ1v) is 5.82. The molecular formula is C10H16N2O2S. The van der Waals surface area contributed by atoms with Crippen LogP contribution in [0, 0.1) is 0 Å². The largest absolute Gasteiger partial charge is 0.377 e. The molecule has 1 heterocycles. The van der Waals surface area contributed by atoms with Crippen molar-refractivity contribution in [3.05, 3.63) is 21.9 Å². The molecule has 0 saturated carbocycles. The smallest absolute Gasteiger partial charge is 0.275 e. The molecule has 0 bridgehead atoms. The summed E-state index contributed by atoms with van der Waals surface area (Å²) in [7, 11) is 0. The highest BCUT2D eigenvalue weighted by Gasteiger charge is 2.11. The fourth-order valence-corrected chi connectivity index (χ4v) is 1.96. The van der Waals surface area contributed by atoms with E-state index in [9.17, 15) is 4.79 Å². The van der Waals surface area contributed by atoms with Crippen LogP contribution in [0.3, 0.4) is 0 Å². The minimum absolute atomic E-state index is 0.251. The molecule has 0 radical (unpaired) electrons. The van der Waals surface area contributed by atoms with Gasteiger partial charge in [0.2, 0.25) is 0 Å². The van der Waals surface area contributed by atoms with Gasteiger partial charge < -0.3 is 4.74 Å². The second-order valence-electron chi connectivity index (χ2n) is 3.15. The number of nitrogen functional groups attached to an aromatic ring is 1. The standard InChI is InChI=1S/C10H16N2O2S/c1-2-3-5-14-7-8-4-6-15-9(8)10(13)12-11/h4,6H,2-3,5,7,11H2,1H3,(H,12,13). The van der Waals surface area contributed by atoms with Gasteiger partial charge in [0, 0.05) is 12.2 Å². The maximum atomic E-state index is 11.3. The molecule has 1 amide bonds. The normalized spacial score (nSPS) is 10.3. The summed E-state index contributed by atoms with van der Waals surface area (Å²) in [5.74, 6) is 4.82. The summed E-state index contributed by atoms with van der Waals surface area (Å²) < 4.78 is 5.44. The van der Waals surface area contributed by atoms with Crippen LogP contribution < -0.4 is 11.3 Å². The van der Waals surface area contributed by atoms with Crippen LogP contribution in [-0.4, -0.2) is 12.5 Å². The molecule has 1 aromatic rings. The number of carbonyl (C=O) groups is 1. The Kier molecular flexibility index (Phi) is 5.31. The molecule has 0 spiro atoms. The second kappa shape index (κ2) is 6.55. The van der Waals surface area contributed by atoms with E-state index in [1.807, 2.05) is 11.4 Å². The number of unbranched alkanes of at least 4 members (excludes halogenated alkanes) is 1. The fraction of sp³-hybridized carbons (Fsp3) is 0.500. The quantitative estimate of drug-likeness (QED) is 0.337. The van der Waals surface area contributed by atoms with E-state index in [1.165, 1.54) is 11.3 Å². The lowest BCUT2D eigenvalue weighted by Crippen LogP contribution is -2.30.